The molecule has 1 N–H and O–H groups in total. The van der Waals surface area contributed by atoms with E-state index in [1.807, 2.05) is 12.1 Å². The van der Waals surface area contributed by atoms with Crippen molar-refractivity contribution in [2.24, 2.45) is 0 Å². The fourth-order valence-electron chi connectivity index (χ4n) is 1.39. The van der Waals surface area contributed by atoms with Crippen molar-refractivity contribution in [2.45, 2.75) is 0 Å². The van der Waals surface area contributed by atoms with E-state index in [0.717, 1.165) is 10.9 Å². The van der Waals surface area contributed by atoms with Crippen molar-refractivity contribution in [2.75, 3.05) is 0 Å². The molecule has 0 radical (unpaired) electrons. The van der Waals surface area contributed by atoms with Crippen LogP contribution in [0.4, 0.5) is 0 Å². The van der Waals surface area contributed by atoms with Crippen molar-refractivity contribution in [1.82, 2.24) is 4.98 Å². The third-order valence-electron chi connectivity index (χ3n) is 2.17. The minimum Gasteiger partial charge on any atom is -0.477 e. The van der Waals surface area contributed by atoms with Gasteiger partial charge in [0.15, 0.2) is 0 Å². The molecular formula is C12H9NO2. The van der Waals surface area contributed by atoms with E-state index in [-0.39, 0.29) is 5.69 Å². The molecule has 0 saturated heterocycles. The highest BCUT2D eigenvalue weighted by Crippen LogP contribution is 2.15. The molecule has 0 spiro atoms. The lowest BCUT2D eigenvalue weighted by atomic mass is 10.1. The SMILES string of the molecule is C=Cc1ccc2nc(C(=O)O)ccc2c1. The standard InChI is InChI=1S/C12H9NO2/c1-2-8-3-5-10-9(7-8)4-6-11(13-10)12(14)15/h2-7H,1H2,(H,14,15). The van der Waals surface area contributed by atoms with E-state index in [1.54, 1.807) is 18.2 Å². The topological polar surface area (TPSA) is 50.2 Å². The van der Waals surface area contributed by atoms with Crippen molar-refractivity contribution in [3.05, 3.63) is 48.2 Å². The van der Waals surface area contributed by atoms with Crippen LogP contribution in [-0.2, 0) is 0 Å². The largest absolute Gasteiger partial charge is 0.477 e. The number of benzene rings is 1. The number of aromatic carboxylic acids is 1. The van der Waals surface area contributed by atoms with Gasteiger partial charge in [0.25, 0.3) is 0 Å². The van der Waals surface area contributed by atoms with Gasteiger partial charge in [0.2, 0.25) is 0 Å². The van der Waals surface area contributed by atoms with Crippen LogP contribution in [0.25, 0.3) is 17.0 Å². The molecule has 74 valence electrons. The Bertz CT molecular complexity index is 546. The quantitative estimate of drug-likeness (QED) is 0.808. The van der Waals surface area contributed by atoms with E-state index in [9.17, 15) is 4.79 Å². The number of carboxylic acids is 1. The van der Waals surface area contributed by atoms with Crippen molar-refractivity contribution in [1.29, 1.82) is 0 Å². The molecule has 3 heteroatoms. The number of fused-ring (bicyclic) bond motifs is 1. The molecule has 0 atom stereocenters. The van der Waals surface area contributed by atoms with E-state index < -0.39 is 5.97 Å². The zero-order valence-corrected chi connectivity index (χ0v) is 7.97. The third-order valence-corrected chi connectivity index (χ3v) is 2.17. The summed E-state index contributed by atoms with van der Waals surface area (Å²) in [6, 6.07) is 8.81. The maximum atomic E-state index is 10.7. The second-order valence-corrected chi connectivity index (χ2v) is 3.16. The van der Waals surface area contributed by atoms with E-state index in [1.165, 1.54) is 6.07 Å². The van der Waals surface area contributed by atoms with Gasteiger partial charge in [0.05, 0.1) is 5.52 Å². The first kappa shape index (κ1) is 9.40. The Morgan fingerprint density at radius 2 is 2.13 bits per heavy atom. The lowest BCUT2D eigenvalue weighted by molar-refractivity contribution is 0.0691. The molecule has 0 saturated carbocycles. The number of carboxylic acid groups (broad SMARTS) is 1. The predicted octanol–water partition coefficient (Wildman–Crippen LogP) is 2.58. The number of carbonyl (C=O) groups is 1. The average Bonchev–Trinajstić information content (AvgIpc) is 2.27. The molecule has 0 bridgehead atoms. The molecule has 0 amide bonds. The first-order chi connectivity index (χ1) is 7.20. The highest BCUT2D eigenvalue weighted by Gasteiger charge is 2.04. The van der Waals surface area contributed by atoms with Gasteiger partial charge < -0.3 is 5.11 Å². The summed E-state index contributed by atoms with van der Waals surface area (Å²) in [6.45, 7) is 3.67. The van der Waals surface area contributed by atoms with Gasteiger partial charge >= 0.3 is 5.97 Å². The molecule has 1 aromatic heterocycles. The minimum absolute atomic E-state index is 0.0638. The van der Waals surface area contributed by atoms with E-state index in [2.05, 4.69) is 11.6 Å². The van der Waals surface area contributed by atoms with Crippen LogP contribution >= 0.6 is 0 Å². The zero-order chi connectivity index (χ0) is 10.8. The summed E-state index contributed by atoms with van der Waals surface area (Å²) in [5.41, 5.74) is 1.74. The summed E-state index contributed by atoms with van der Waals surface area (Å²) in [4.78, 5) is 14.7. The third kappa shape index (κ3) is 1.72. The predicted molar refractivity (Wildman–Crippen MR) is 58.8 cm³/mol. The maximum Gasteiger partial charge on any atom is 0.354 e. The Labute approximate surface area is 86.7 Å². The van der Waals surface area contributed by atoms with Gasteiger partial charge in [-0.15, -0.1) is 0 Å². The second-order valence-electron chi connectivity index (χ2n) is 3.16. The van der Waals surface area contributed by atoms with E-state index in [0.29, 0.717) is 5.52 Å². The molecule has 3 nitrogen and oxygen atoms in total. The Kier molecular flexibility index (Phi) is 2.21. The smallest absolute Gasteiger partial charge is 0.354 e. The van der Waals surface area contributed by atoms with Crippen LogP contribution in [0.1, 0.15) is 16.1 Å². The Morgan fingerprint density at radius 1 is 1.33 bits per heavy atom. The fourth-order valence-corrected chi connectivity index (χ4v) is 1.39. The molecule has 1 heterocycles. The number of pyridine rings is 1. The summed E-state index contributed by atoms with van der Waals surface area (Å²) in [5, 5.41) is 9.68. The lowest BCUT2D eigenvalue weighted by Crippen LogP contribution is -1.99. The second kappa shape index (κ2) is 3.53. The average molecular weight is 199 g/mol. The van der Waals surface area contributed by atoms with Gasteiger partial charge in [-0.3, -0.25) is 0 Å². The normalized spacial score (nSPS) is 10.1. The van der Waals surface area contributed by atoms with Gasteiger partial charge in [-0.1, -0.05) is 24.8 Å². The Morgan fingerprint density at radius 3 is 2.80 bits per heavy atom. The first-order valence-electron chi connectivity index (χ1n) is 4.47. The lowest BCUT2D eigenvalue weighted by Gasteiger charge is -2.00. The van der Waals surface area contributed by atoms with Crippen LogP contribution in [0.5, 0.6) is 0 Å². The summed E-state index contributed by atoms with van der Waals surface area (Å²) in [7, 11) is 0. The van der Waals surface area contributed by atoms with E-state index in [4.69, 9.17) is 5.11 Å². The molecular weight excluding hydrogens is 190 g/mol. The first-order valence-corrected chi connectivity index (χ1v) is 4.47. The van der Waals surface area contributed by atoms with Crippen LogP contribution in [0.2, 0.25) is 0 Å². The van der Waals surface area contributed by atoms with Crippen LogP contribution in [-0.4, -0.2) is 16.1 Å². The van der Waals surface area contributed by atoms with Crippen molar-refractivity contribution in [3.63, 3.8) is 0 Å². The van der Waals surface area contributed by atoms with Gasteiger partial charge in [-0.05, 0) is 23.8 Å². The Balaban J connectivity index is 2.64. The van der Waals surface area contributed by atoms with Crippen molar-refractivity contribution < 1.29 is 9.90 Å². The highest BCUT2D eigenvalue weighted by atomic mass is 16.4. The number of nitrogens with zero attached hydrogens (tertiary/aromatic N) is 1. The van der Waals surface area contributed by atoms with Gasteiger partial charge in [-0.2, -0.15) is 0 Å². The summed E-state index contributed by atoms with van der Waals surface area (Å²) in [5.74, 6) is -1.01. The maximum absolute atomic E-state index is 10.7. The number of hydrogen-bond acceptors (Lipinski definition) is 2. The summed E-state index contributed by atoms with van der Waals surface area (Å²) in [6.07, 6.45) is 1.74. The molecule has 2 aromatic rings. The monoisotopic (exact) mass is 199 g/mol. The Hall–Kier alpha value is -2.16. The molecule has 0 aliphatic heterocycles. The fraction of sp³-hybridized carbons (Fsp3) is 0. The summed E-state index contributed by atoms with van der Waals surface area (Å²) >= 11 is 0. The number of rotatable bonds is 2. The minimum atomic E-state index is -1.01. The highest BCUT2D eigenvalue weighted by molar-refractivity contribution is 5.90. The molecule has 1 aromatic carbocycles. The molecule has 0 unspecified atom stereocenters. The number of aromatic nitrogens is 1. The molecule has 15 heavy (non-hydrogen) atoms. The number of hydrogen-bond donors (Lipinski definition) is 1. The van der Waals surface area contributed by atoms with Gasteiger partial charge in [-0.25, -0.2) is 9.78 Å². The van der Waals surface area contributed by atoms with Crippen LogP contribution < -0.4 is 0 Å². The zero-order valence-electron chi connectivity index (χ0n) is 7.97. The van der Waals surface area contributed by atoms with Crippen molar-refractivity contribution >= 4 is 22.9 Å². The van der Waals surface area contributed by atoms with Crippen molar-refractivity contribution in [3.8, 4) is 0 Å². The van der Waals surface area contributed by atoms with Gasteiger partial charge in [0.1, 0.15) is 5.69 Å². The molecule has 0 fully saturated rings. The molecule has 0 aliphatic rings. The molecule has 0 aliphatic carbocycles. The van der Waals surface area contributed by atoms with Crippen LogP contribution in [0, 0.1) is 0 Å². The molecule has 2 rings (SSSR count). The van der Waals surface area contributed by atoms with E-state index >= 15 is 0 Å². The van der Waals surface area contributed by atoms with Crippen LogP contribution in [0.15, 0.2) is 36.9 Å². The van der Waals surface area contributed by atoms with Gasteiger partial charge in [0, 0.05) is 5.39 Å². The summed E-state index contributed by atoms with van der Waals surface area (Å²) < 4.78 is 0. The van der Waals surface area contributed by atoms with Crippen LogP contribution in [0.3, 0.4) is 0 Å².